The monoisotopic (exact) mass is 249 g/mol. The van der Waals surface area contributed by atoms with E-state index in [2.05, 4.69) is 32.2 Å². The fourth-order valence-electron chi connectivity index (χ4n) is 1.34. The van der Waals surface area contributed by atoms with Crippen LogP contribution in [0.2, 0.25) is 0 Å². The highest BCUT2D eigenvalue weighted by molar-refractivity contribution is 7.99. The molecule has 0 saturated carbocycles. The van der Waals surface area contributed by atoms with Crippen LogP contribution in [0, 0.1) is 6.92 Å². The Morgan fingerprint density at radius 3 is 3.00 bits per heavy atom. The molecule has 0 aromatic carbocycles. The maximum absolute atomic E-state index is 4.37. The zero-order valence-corrected chi connectivity index (χ0v) is 10.7. The molecule has 0 aliphatic heterocycles. The van der Waals surface area contributed by atoms with Crippen molar-refractivity contribution in [3.05, 3.63) is 24.3 Å². The number of hydrogen-bond acceptors (Lipinski definition) is 5. The van der Waals surface area contributed by atoms with Gasteiger partial charge in [0.2, 0.25) is 0 Å². The van der Waals surface area contributed by atoms with E-state index in [1.807, 2.05) is 13.0 Å². The number of nitrogens with one attached hydrogen (secondary N) is 2. The lowest BCUT2D eigenvalue weighted by Gasteiger charge is -2.06. The summed E-state index contributed by atoms with van der Waals surface area (Å²) in [6.07, 6.45) is 4.60. The lowest BCUT2D eigenvalue weighted by atomic mass is 10.4. The Morgan fingerprint density at radius 2 is 2.29 bits per heavy atom. The van der Waals surface area contributed by atoms with Crippen molar-refractivity contribution in [3.8, 4) is 0 Å². The first-order valence-electron chi connectivity index (χ1n) is 5.54. The summed E-state index contributed by atoms with van der Waals surface area (Å²) in [5.74, 6) is 1.63. The summed E-state index contributed by atoms with van der Waals surface area (Å²) in [5, 5.41) is 4.99. The van der Waals surface area contributed by atoms with Crippen molar-refractivity contribution in [2.75, 3.05) is 11.9 Å². The van der Waals surface area contributed by atoms with Crippen LogP contribution in [0.5, 0.6) is 0 Å². The molecular formula is C11H15N5S. The summed E-state index contributed by atoms with van der Waals surface area (Å²) in [4.78, 5) is 15.9. The number of aromatic amines is 1. The van der Waals surface area contributed by atoms with Crippen molar-refractivity contribution in [2.24, 2.45) is 0 Å². The van der Waals surface area contributed by atoms with E-state index in [4.69, 9.17) is 0 Å². The average molecular weight is 249 g/mol. The van der Waals surface area contributed by atoms with Crippen LogP contribution in [0.1, 0.15) is 19.2 Å². The van der Waals surface area contributed by atoms with Gasteiger partial charge >= 0.3 is 0 Å². The molecular weight excluding hydrogens is 234 g/mol. The maximum Gasteiger partial charge on any atom is 0.171 e. The maximum atomic E-state index is 4.37. The molecule has 17 heavy (non-hydrogen) atoms. The normalized spacial score (nSPS) is 10.5. The Balaban J connectivity index is 2.13. The molecule has 0 radical (unpaired) electrons. The van der Waals surface area contributed by atoms with Gasteiger partial charge in [0.25, 0.3) is 0 Å². The van der Waals surface area contributed by atoms with Gasteiger partial charge in [-0.15, -0.1) is 0 Å². The van der Waals surface area contributed by atoms with Gasteiger partial charge in [-0.1, -0.05) is 6.92 Å². The van der Waals surface area contributed by atoms with Crippen molar-refractivity contribution < 1.29 is 0 Å². The molecule has 0 saturated heterocycles. The van der Waals surface area contributed by atoms with Crippen LogP contribution in [0.15, 0.2) is 28.6 Å². The van der Waals surface area contributed by atoms with Crippen LogP contribution in [0.4, 0.5) is 5.82 Å². The summed E-state index contributed by atoms with van der Waals surface area (Å²) >= 11 is 1.50. The van der Waals surface area contributed by atoms with Gasteiger partial charge in [0.1, 0.15) is 16.7 Å². The third kappa shape index (κ3) is 3.45. The Hall–Kier alpha value is -1.56. The summed E-state index contributed by atoms with van der Waals surface area (Å²) in [6, 6.07) is 1.94. The fourth-order valence-corrected chi connectivity index (χ4v) is 2.13. The molecule has 2 rings (SSSR count). The zero-order valence-electron chi connectivity index (χ0n) is 9.90. The molecule has 0 fully saturated rings. The highest BCUT2D eigenvalue weighted by atomic mass is 32.2. The summed E-state index contributed by atoms with van der Waals surface area (Å²) in [5.41, 5.74) is 0. The Bertz CT molecular complexity index is 469. The average Bonchev–Trinajstić information content (AvgIpc) is 2.78. The smallest absolute Gasteiger partial charge is 0.171 e. The second kappa shape index (κ2) is 5.67. The van der Waals surface area contributed by atoms with E-state index in [9.17, 15) is 0 Å². The van der Waals surface area contributed by atoms with E-state index in [0.29, 0.717) is 0 Å². The zero-order chi connectivity index (χ0) is 12.1. The molecule has 2 heterocycles. The molecule has 2 aromatic heterocycles. The summed E-state index contributed by atoms with van der Waals surface area (Å²) in [6.45, 7) is 4.93. The Kier molecular flexibility index (Phi) is 3.98. The SMILES string of the molecule is CCCNc1cc(Sc2ncc[nH]2)nc(C)n1. The molecule has 0 amide bonds. The number of rotatable bonds is 5. The molecule has 0 spiro atoms. The highest BCUT2D eigenvalue weighted by Gasteiger charge is 2.04. The molecule has 0 bridgehead atoms. The van der Waals surface area contributed by atoms with E-state index >= 15 is 0 Å². The van der Waals surface area contributed by atoms with Gasteiger partial charge in [-0.05, 0) is 25.1 Å². The second-order valence-electron chi connectivity index (χ2n) is 3.56. The lowest BCUT2D eigenvalue weighted by molar-refractivity contribution is 0.924. The minimum absolute atomic E-state index is 0.764. The first-order valence-corrected chi connectivity index (χ1v) is 6.36. The van der Waals surface area contributed by atoms with Crippen molar-refractivity contribution in [1.82, 2.24) is 19.9 Å². The quantitative estimate of drug-likeness (QED) is 0.797. The second-order valence-corrected chi connectivity index (χ2v) is 4.57. The number of hydrogen-bond donors (Lipinski definition) is 2. The molecule has 0 atom stereocenters. The van der Waals surface area contributed by atoms with Gasteiger partial charge in [0.05, 0.1) is 0 Å². The molecule has 5 nitrogen and oxygen atoms in total. The van der Waals surface area contributed by atoms with Gasteiger partial charge in [-0.2, -0.15) is 0 Å². The topological polar surface area (TPSA) is 66.5 Å². The van der Waals surface area contributed by atoms with Crippen molar-refractivity contribution >= 4 is 17.6 Å². The molecule has 2 aromatic rings. The van der Waals surface area contributed by atoms with E-state index < -0.39 is 0 Å². The van der Waals surface area contributed by atoms with E-state index in [1.54, 1.807) is 12.4 Å². The molecule has 90 valence electrons. The molecule has 0 aliphatic carbocycles. The number of imidazole rings is 1. The summed E-state index contributed by atoms with van der Waals surface area (Å²) < 4.78 is 0. The van der Waals surface area contributed by atoms with Crippen LogP contribution in [-0.2, 0) is 0 Å². The lowest BCUT2D eigenvalue weighted by Crippen LogP contribution is -2.04. The van der Waals surface area contributed by atoms with Crippen LogP contribution in [0.3, 0.4) is 0 Å². The first-order chi connectivity index (χ1) is 8.28. The van der Waals surface area contributed by atoms with E-state index in [-0.39, 0.29) is 0 Å². The number of aromatic nitrogens is 4. The van der Waals surface area contributed by atoms with E-state index in [1.165, 1.54) is 11.8 Å². The predicted octanol–water partition coefficient (Wildman–Crippen LogP) is 2.48. The number of H-pyrrole nitrogens is 1. The van der Waals surface area contributed by atoms with Crippen LogP contribution in [-0.4, -0.2) is 26.5 Å². The molecule has 0 aliphatic rings. The highest BCUT2D eigenvalue weighted by Crippen LogP contribution is 2.24. The van der Waals surface area contributed by atoms with Crippen LogP contribution in [0.25, 0.3) is 0 Å². The number of aryl methyl sites for hydroxylation is 1. The Labute approximate surface area is 104 Å². The molecule has 6 heteroatoms. The molecule has 0 unspecified atom stereocenters. The summed E-state index contributed by atoms with van der Waals surface area (Å²) in [7, 11) is 0. The fraction of sp³-hybridized carbons (Fsp3) is 0.364. The van der Waals surface area contributed by atoms with Crippen molar-refractivity contribution in [1.29, 1.82) is 0 Å². The van der Waals surface area contributed by atoms with Gasteiger partial charge in [-0.25, -0.2) is 15.0 Å². The van der Waals surface area contributed by atoms with E-state index in [0.717, 1.165) is 34.8 Å². The van der Waals surface area contributed by atoms with Gasteiger partial charge < -0.3 is 10.3 Å². The van der Waals surface area contributed by atoms with Crippen molar-refractivity contribution in [2.45, 2.75) is 30.5 Å². The Morgan fingerprint density at radius 1 is 1.41 bits per heavy atom. The molecule has 2 N–H and O–H groups in total. The minimum atomic E-state index is 0.764. The van der Waals surface area contributed by atoms with Crippen LogP contribution >= 0.6 is 11.8 Å². The minimum Gasteiger partial charge on any atom is -0.370 e. The first kappa shape index (κ1) is 11.9. The van der Waals surface area contributed by atoms with Crippen LogP contribution < -0.4 is 5.32 Å². The predicted molar refractivity (Wildman–Crippen MR) is 68.3 cm³/mol. The van der Waals surface area contributed by atoms with Gasteiger partial charge in [0.15, 0.2) is 5.16 Å². The number of nitrogens with zero attached hydrogens (tertiary/aromatic N) is 3. The van der Waals surface area contributed by atoms with Crippen molar-refractivity contribution in [3.63, 3.8) is 0 Å². The standard InChI is InChI=1S/C11H15N5S/c1-3-4-12-9-7-10(16-8(2)15-9)17-11-13-5-6-14-11/h5-7H,3-4H2,1-2H3,(H,13,14)(H,12,15,16). The number of anilines is 1. The third-order valence-electron chi connectivity index (χ3n) is 2.04. The van der Waals surface area contributed by atoms with Gasteiger partial charge in [-0.3, -0.25) is 0 Å². The third-order valence-corrected chi connectivity index (χ3v) is 2.88. The van der Waals surface area contributed by atoms with Gasteiger partial charge in [0, 0.05) is 25.0 Å². The largest absolute Gasteiger partial charge is 0.370 e.